The fourth-order valence-electron chi connectivity index (χ4n) is 1.80. The molecule has 9 nitrogen and oxygen atoms in total. The largest absolute Gasteiger partial charge is 0.481 e. The van der Waals surface area contributed by atoms with Gasteiger partial charge in [-0.1, -0.05) is 0 Å². The average Bonchev–Trinajstić information content (AvgIpc) is 2.54. The lowest BCUT2D eigenvalue weighted by Crippen LogP contribution is -2.27. The summed E-state index contributed by atoms with van der Waals surface area (Å²) in [4.78, 5) is 33.0. The van der Waals surface area contributed by atoms with Gasteiger partial charge in [0.2, 0.25) is 0 Å². The van der Waals surface area contributed by atoms with Crippen LogP contribution < -0.4 is 0 Å². The summed E-state index contributed by atoms with van der Waals surface area (Å²) in [5.74, 6) is -1.64. The lowest BCUT2D eigenvalue weighted by atomic mass is 10.2. The summed E-state index contributed by atoms with van der Waals surface area (Å²) in [5, 5.41) is 8.47. The Hall–Kier alpha value is -1.71. The molecule has 0 heterocycles. The maximum absolute atomic E-state index is 11.4. The van der Waals surface area contributed by atoms with Crippen LogP contribution in [0.2, 0.25) is 0 Å². The highest BCUT2D eigenvalue weighted by molar-refractivity contribution is 5.71. The number of carbonyl (C=O) groups excluding carboxylic acids is 2. The zero-order chi connectivity index (χ0) is 20.5. The topological polar surface area (TPSA) is 118 Å². The third-order valence-corrected chi connectivity index (χ3v) is 2.90. The highest BCUT2D eigenvalue weighted by Crippen LogP contribution is 2.06. The van der Waals surface area contributed by atoms with Gasteiger partial charge >= 0.3 is 17.9 Å². The molecule has 0 saturated carbocycles. The van der Waals surface area contributed by atoms with Gasteiger partial charge in [0.25, 0.3) is 0 Å². The molecule has 0 spiro atoms. The monoisotopic (exact) mass is 392 g/mol. The standard InChI is InChI=1S/C18H32O9/c1-18(2,3)27-17(22)14-25-11-10-23-8-9-24-12-13-26-16(21)7-5-4-6-15(19)20/h4-14H2,1-3H3,(H,19,20). The summed E-state index contributed by atoms with van der Waals surface area (Å²) in [7, 11) is 0. The first kappa shape index (κ1) is 25.3. The number of carboxylic acids is 1. The van der Waals surface area contributed by atoms with Crippen LogP contribution in [0, 0.1) is 0 Å². The van der Waals surface area contributed by atoms with Crippen LogP contribution in [0.5, 0.6) is 0 Å². The predicted molar refractivity (Wildman–Crippen MR) is 95.4 cm³/mol. The molecule has 9 heteroatoms. The van der Waals surface area contributed by atoms with Gasteiger partial charge in [-0.15, -0.1) is 0 Å². The Labute approximate surface area is 160 Å². The van der Waals surface area contributed by atoms with Gasteiger partial charge in [0.15, 0.2) is 0 Å². The average molecular weight is 392 g/mol. The number of hydrogen-bond acceptors (Lipinski definition) is 8. The molecule has 0 amide bonds. The molecular formula is C18H32O9. The molecule has 0 aromatic rings. The molecule has 0 atom stereocenters. The molecule has 0 aliphatic heterocycles. The lowest BCUT2D eigenvalue weighted by molar-refractivity contribution is -0.160. The summed E-state index contributed by atoms with van der Waals surface area (Å²) in [6.45, 7) is 6.98. The van der Waals surface area contributed by atoms with E-state index in [1.54, 1.807) is 20.8 Å². The van der Waals surface area contributed by atoms with E-state index in [1.807, 2.05) is 0 Å². The first-order valence-electron chi connectivity index (χ1n) is 9.03. The Morgan fingerprint density at radius 1 is 0.741 bits per heavy atom. The highest BCUT2D eigenvalue weighted by atomic mass is 16.6. The van der Waals surface area contributed by atoms with E-state index in [2.05, 4.69) is 0 Å². The third kappa shape index (κ3) is 20.5. The van der Waals surface area contributed by atoms with Gasteiger partial charge in [0.1, 0.15) is 18.8 Å². The molecule has 0 aromatic heterocycles. The molecule has 0 unspecified atom stereocenters. The number of hydrogen-bond donors (Lipinski definition) is 1. The van der Waals surface area contributed by atoms with E-state index in [9.17, 15) is 14.4 Å². The van der Waals surface area contributed by atoms with Crippen LogP contribution in [0.4, 0.5) is 0 Å². The fraction of sp³-hybridized carbons (Fsp3) is 0.833. The van der Waals surface area contributed by atoms with Gasteiger partial charge < -0.3 is 28.8 Å². The second-order valence-corrected chi connectivity index (χ2v) is 6.69. The predicted octanol–water partition coefficient (Wildman–Crippen LogP) is 1.57. The summed E-state index contributed by atoms with van der Waals surface area (Å²) in [6.07, 6.45) is 1.22. The minimum Gasteiger partial charge on any atom is -0.481 e. The quantitative estimate of drug-likeness (QED) is 0.308. The minimum atomic E-state index is -0.867. The molecular weight excluding hydrogens is 360 g/mol. The zero-order valence-electron chi connectivity index (χ0n) is 16.5. The molecule has 27 heavy (non-hydrogen) atoms. The first-order chi connectivity index (χ1) is 12.7. The van der Waals surface area contributed by atoms with Crippen LogP contribution >= 0.6 is 0 Å². The van der Waals surface area contributed by atoms with Gasteiger partial charge in [-0.3, -0.25) is 9.59 Å². The summed E-state index contributed by atoms with van der Waals surface area (Å²) in [6, 6.07) is 0. The van der Waals surface area contributed by atoms with Crippen LogP contribution in [0.25, 0.3) is 0 Å². The van der Waals surface area contributed by atoms with Crippen LogP contribution in [0.1, 0.15) is 46.5 Å². The van der Waals surface area contributed by atoms with Crippen molar-refractivity contribution in [3.63, 3.8) is 0 Å². The van der Waals surface area contributed by atoms with Crippen molar-refractivity contribution in [2.45, 2.75) is 52.1 Å². The summed E-state index contributed by atoms with van der Waals surface area (Å²) >= 11 is 0. The Kier molecular flexibility index (Phi) is 14.4. The Balaban J connectivity index is 3.30. The third-order valence-electron chi connectivity index (χ3n) is 2.90. The number of esters is 2. The van der Waals surface area contributed by atoms with Crippen LogP contribution in [0.15, 0.2) is 0 Å². The van der Waals surface area contributed by atoms with E-state index < -0.39 is 17.5 Å². The van der Waals surface area contributed by atoms with E-state index in [1.165, 1.54) is 0 Å². The van der Waals surface area contributed by atoms with Crippen molar-refractivity contribution in [3.8, 4) is 0 Å². The first-order valence-corrected chi connectivity index (χ1v) is 9.03. The number of carboxylic acid groups (broad SMARTS) is 1. The van der Waals surface area contributed by atoms with E-state index in [-0.39, 0.29) is 45.2 Å². The van der Waals surface area contributed by atoms with Crippen LogP contribution in [-0.2, 0) is 38.1 Å². The fourth-order valence-corrected chi connectivity index (χ4v) is 1.80. The normalized spacial score (nSPS) is 11.2. The molecule has 0 rings (SSSR count). The Morgan fingerprint density at radius 3 is 1.81 bits per heavy atom. The molecule has 1 N–H and O–H groups in total. The molecule has 0 bridgehead atoms. The van der Waals surface area contributed by atoms with Crippen molar-refractivity contribution in [3.05, 3.63) is 0 Å². The number of ether oxygens (including phenoxy) is 5. The van der Waals surface area contributed by atoms with Crippen molar-refractivity contribution < 1.29 is 43.2 Å². The summed E-state index contributed by atoms with van der Waals surface area (Å²) < 4.78 is 25.7. The molecule has 0 saturated heterocycles. The van der Waals surface area contributed by atoms with Crippen LogP contribution in [0.3, 0.4) is 0 Å². The van der Waals surface area contributed by atoms with Gasteiger partial charge in [-0.25, -0.2) is 4.79 Å². The second kappa shape index (κ2) is 15.4. The molecule has 158 valence electrons. The van der Waals surface area contributed by atoms with Gasteiger partial charge in [0, 0.05) is 12.8 Å². The number of rotatable bonds is 16. The van der Waals surface area contributed by atoms with E-state index in [0.29, 0.717) is 32.7 Å². The number of unbranched alkanes of at least 4 members (excludes halogenated alkanes) is 1. The van der Waals surface area contributed by atoms with E-state index >= 15 is 0 Å². The maximum Gasteiger partial charge on any atom is 0.332 e. The number of aliphatic carboxylic acids is 1. The minimum absolute atomic E-state index is 0.0580. The van der Waals surface area contributed by atoms with Gasteiger partial charge in [-0.2, -0.15) is 0 Å². The zero-order valence-corrected chi connectivity index (χ0v) is 16.5. The Morgan fingerprint density at radius 2 is 1.26 bits per heavy atom. The lowest BCUT2D eigenvalue weighted by Gasteiger charge is -2.19. The van der Waals surface area contributed by atoms with Crippen molar-refractivity contribution in [1.82, 2.24) is 0 Å². The molecule has 0 aliphatic carbocycles. The highest BCUT2D eigenvalue weighted by Gasteiger charge is 2.15. The SMILES string of the molecule is CC(C)(C)OC(=O)COCCOCCOCCOC(=O)CCCCC(=O)O. The molecule has 0 aromatic carbocycles. The smallest absolute Gasteiger partial charge is 0.332 e. The van der Waals surface area contributed by atoms with Crippen molar-refractivity contribution in [1.29, 1.82) is 0 Å². The molecule has 0 radical (unpaired) electrons. The second-order valence-electron chi connectivity index (χ2n) is 6.69. The van der Waals surface area contributed by atoms with Gasteiger partial charge in [0.05, 0.1) is 33.0 Å². The Bertz CT molecular complexity index is 429. The van der Waals surface area contributed by atoms with E-state index in [4.69, 9.17) is 28.8 Å². The summed E-state index contributed by atoms with van der Waals surface area (Å²) in [5.41, 5.74) is -0.525. The maximum atomic E-state index is 11.4. The van der Waals surface area contributed by atoms with Gasteiger partial charge in [-0.05, 0) is 33.6 Å². The van der Waals surface area contributed by atoms with Crippen molar-refractivity contribution in [2.75, 3.05) is 46.2 Å². The molecule has 0 fully saturated rings. The molecule has 0 aliphatic rings. The van der Waals surface area contributed by atoms with Crippen LogP contribution in [-0.4, -0.2) is 74.9 Å². The number of carbonyl (C=O) groups is 3. The van der Waals surface area contributed by atoms with Crippen molar-refractivity contribution >= 4 is 17.9 Å². The van der Waals surface area contributed by atoms with Crippen molar-refractivity contribution in [2.24, 2.45) is 0 Å². The van der Waals surface area contributed by atoms with E-state index in [0.717, 1.165) is 0 Å².